The zero-order chi connectivity index (χ0) is 16.1. The van der Waals surface area contributed by atoms with Gasteiger partial charge in [0.1, 0.15) is 6.10 Å². The van der Waals surface area contributed by atoms with Crippen LogP contribution in [-0.2, 0) is 9.53 Å². The molecule has 0 saturated carbocycles. The fraction of sp³-hybridized carbons (Fsp3) is 0.294. The first kappa shape index (κ1) is 15.7. The average Bonchev–Trinajstić information content (AvgIpc) is 3.25. The van der Waals surface area contributed by atoms with Crippen molar-refractivity contribution in [3.8, 4) is 0 Å². The van der Waals surface area contributed by atoms with Gasteiger partial charge in [0.2, 0.25) is 5.91 Å². The summed E-state index contributed by atoms with van der Waals surface area (Å²) >= 11 is 1.35. The van der Waals surface area contributed by atoms with Gasteiger partial charge >= 0.3 is 0 Å². The van der Waals surface area contributed by atoms with Crippen LogP contribution in [0.1, 0.15) is 27.8 Å². The summed E-state index contributed by atoms with van der Waals surface area (Å²) < 4.78 is 5.74. The molecule has 2 amide bonds. The van der Waals surface area contributed by atoms with E-state index in [1.54, 1.807) is 12.1 Å². The molecule has 6 heteroatoms. The maximum atomic E-state index is 12.1. The first-order valence-corrected chi connectivity index (χ1v) is 8.39. The molecule has 1 aliphatic heterocycles. The molecule has 1 aromatic heterocycles. The third-order valence-corrected chi connectivity index (χ3v) is 4.59. The number of nitrogens with one attached hydrogen (secondary N) is 2. The van der Waals surface area contributed by atoms with E-state index in [9.17, 15) is 9.59 Å². The number of carbonyl (C=O) groups excluding carboxylic acids is 2. The van der Waals surface area contributed by atoms with Crippen LogP contribution >= 0.6 is 11.3 Å². The smallest absolute Gasteiger partial charge is 0.261 e. The molecule has 0 radical (unpaired) electrons. The number of ether oxygens (including phenoxy) is 1. The summed E-state index contributed by atoms with van der Waals surface area (Å²) in [6.45, 7) is 0.584. The molecule has 1 saturated heterocycles. The second-order valence-electron chi connectivity index (χ2n) is 5.32. The largest absolute Gasteiger partial charge is 0.371 e. The summed E-state index contributed by atoms with van der Waals surface area (Å²) in [5, 5.41) is 7.41. The van der Waals surface area contributed by atoms with E-state index in [2.05, 4.69) is 10.6 Å². The number of amides is 2. The van der Waals surface area contributed by atoms with Crippen molar-refractivity contribution in [2.75, 3.05) is 13.2 Å². The van der Waals surface area contributed by atoms with Gasteiger partial charge in [0, 0.05) is 6.61 Å². The molecule has 2 N–H and O–H groups in total. The van der Waals surface area contributed by atoms with Crippen LogP contribution < -0.4 is 10.6 Å². The van der Waals surface area contributed by atoms with Crippen LogP contribution in [-0.4, -0.2) is 31.0 Å². The van der Waals surface area contributed by atoms with Crippen LogP contribution in [0.2, 0.25) is 0 Å². The van der Waals surface area contributed by atoms with Gasteiger partial charge in [-0.05, 0) is 23.4 Å². The lowest BCUT2D eigenvalue weighted by atomic mass is 10.0. The molecule has 1 fully saturated rings. The molecule has 3 rings (SSSR count). The SMILES string of the molecule is O=C(CNC(=O)c1cccs1)N[C@H]1CCO[C@@H]1c1ccccc1. The minimum Gasteiger partial charge on any atom is -0.371 e. The Balaban J connectivity index is 1.52. The Bertz CT molecular complexity index is 658. The van der Waals surface area contributed by atoms with E-state index >= 15 is 0 Å². The van der Waals surface area contributed by atoms with E-state index in [4.69, 9.17) is 4.74 Å². The number of hydrogen-bond acceptors (Lipinski definition) is 4. The lowest BCUT2D eigenvalue weighted by Crippen LogP contribution is -2.43. The Labute approximate surface area is 138 Å². The van der Waals surface area contributed by atoms with Crippen LogP contribution in [0.25, 0.3) is 0 Å². The third kappa shape index (κ3) is 3.97. The van der Waals surface area contributed by atoms with Gasteiger partial charge in [-0.2, -0.15) is 0 Å². The molecule has 2 atom stereocenters. The topological polar surface area (TPSA) is 67.4 Å². The van der Waals surface area contributed by atoms with Crippen LogP contribution in [0.5, 0.6) is 0 Å². The van der Waals surface area contributed by atoms with Gasteiger partial charge in [-0.15, -0.1) is 11.3 Å². The summed E-state index contributed by atoms with van der Waals surface area (Å²) in [7, 11) is 0. The molecular weight excluding hydrogens is 312 g/mol. The molecule has 2 heterocycles. The quantitative estimate of drug-likeness (QED) is 0.882. The van der Waals surface area contributed by atoms with Gasteiger partial charge in [-0.3, -0.25) is 9.59 Å². The van der Waals surface area contributed by atoms with E-state index in [0.29, 0.717) is 11.5 Å². The molecule has 23 heavy (non-hydrogen) atoms. The highest BCUT2D eigenvalue weighted by Gasteiger charge is 2.30. The number of thiophene rings is 1. The maximum absolute atomic E-state index is 12.1. The molecule has 1 aliphatic rings. The van der Waals surface area contributed by atoms with E-state index in [-0.39, 0.29) is 30.5 Å². The minimum atomic E-state index is -0.225. The number of carbonyl (C=O) groups is 2. The molecule has 0 spiro atoms. The zero-order valence-electron chi connectivity index (χ0n) is 12.5. The van der Waals surface area contributed by atoms with E-state index in [1.165, 1.54) is 11.3 Å². The fourth-order valence-corrected chi connectivity index (χ4v) is 3.26. The third-order valence-electron chi connectivity index (χ3n) is 3.72. The Hall–Kier alpha value is -2.18. The highest BCUT2D eigenvalue weighted by atomic mass is 32.1. The number of benzene rings is 1. The van der Waals surface area contributed by atoms with Gasteiger partial charge in [-0.25, -0.2) is 0 Å². The van der Waals surface area contributed by atoms with Crippen molar-refractivity contribution in [2.45, 2.75) is 18.6 Å². The van der Waals surface area contributed by atoms with Gasteiger partial charge in [0.15, 0.2) is 0 Å². The summed E-state index contributed by atoms with van der Waals surface area (Å²) in [6, 6.07) is 13.3. The lowest BCUT2D eigenvalue weighted by molar-refractivity contribution is -0.121. The van der Waals surface area contributed by atoms with Gasteiger partial charge < -0.3 is 15.4 Å². The summed E-state index contributed by atoms with van der Waals surface area (Å²) in [5.41, 5.74) is 1.05. The zero-order valence-corrected chi connectivity index (χ0v) is 13.3. The van der Waals surface area contributed by atoms with E-state index < -0.39 is 0 Å². The molecule has 2 aromatic rings. The van der Waals surface area contributed by atoms with Crippen molar-refractivity contribution in [3.05, 3.63) is 58.3 Å². The standard InChI is InChI=1S/C17H18N2O3S/c20-15(11-18-17(21)14-7-4-10-23-14)19-13-8-9-22-16(13)12-5-2-1-3-6-12/h1-7,10,13,16H,8-9,11H2,(H,18,21)(H,19,20)/t13-,16+/m0/s1. The van der Waals surface area contributed by atoms with Crippen LogP contribution in [0, 0.1) is 0 Å². The van der Waals surface area contributed by atoms with Crippen LogP contribution in [0.15, 0.2) is 47.8 Å². The first-order valence-electron chi connectivity index (χ1n) is 7.51. The Kier molecular flexibility index (Phi) is 5.05. The first-order chi connectivity index (χ1) is 11.2. The van der Waals surface area contributed by atoms with Crippen LogP contribution in [0.3, 0.4) is 0 Å². The molecule has 0 unspecified atom stereocenters. The minimum absolute atomic E-state index is 0.0330. The monoisotopic (exact) mass is 330 g/mol. The average molecular weight is 330 g/mol. The van der Waals surface area contributed by atoms with Crippen molar-refractivity contribution in [2.24, 2.45) is 0 Å². The predicted octanol–water partition coefficient (Wildman–Crippen LogP) is 2.12. The van der Waals surface area contributed by atoms with Gasteiger partial charge in [-0.1, -0.05) is 36.4 Å². The normalized spacial score (nSPS) is 20.2. The van der Waals surface area contributed by atoms with E-state index in [0.717, 1.165) is 12.0 Å². The number of hydrogen-bond donors (Lipinski definition) is 2. The molecule has 5 nitrogen and oxygen atoms in total. The van der Waals surface area contributed by atoms with Gasteiger partial charge in [0.05, 0.1) is 17.5 Å². The van der Waals surface area contributed by atoms with Crippen LogP contribution in [0.4, 0.5) is 0 Å². The highest BCUT2D eigenvalue weighted by molar-refractivity contribution is 7.12. The Morgan fingerprint density at radius 3 is 2.74 bits per heavy atom. The molecule has 0 aliphatic carbocycles. The van der Waals surface area contributed by atoms with E-state index in [1.807, 2.05) is 35.7 Å². The molecule has 120 valence electrons. The maximum Gasteiger partial charge on any atom is 0.261 e. The Morgan fingerprint density at radius 2 is 2.00 bits per heavy atom. The Morgan fingerprint density at radius 1 is 1.17 bits per heavy atom. The van der Waals surface area contributed by atoms with Crippen molar-refractivity contribution in [1.29, 1.82) is 0 Å². The summed E-state index contributed by atoms with van der Waals surface area (Å²) in [5.74, 6) is -0.427. The summed E-state index contributed by atoms with van der Waals surface area (Å²) in [6.07, 6.45) is 0.637. The van der Waals surface area contributed by atoms with Crippen molar-refractivity contribution in [3.63, 3.8) is 0 Å². The molecule has 1 aromatic carbocycles. The van der Waals surface area contributed by atoms with Crippen molar-refractivity contribution in [1.82, 2.24) is 10.6 Å². The number of rotatable bonds is 5. The second-order valence-corrected chi connectivity index (χ2v) is 6.27. The van der Waals surface area contributed by atoms with Crippen molar-refractivity contribution < 1.29 is 14.3 Å². The second kappa shape index (κ2) is 7.39. The summed E-state index contributed by atoms with van der Waals surface area (Å²) in [4.78, 5) is 24.5. The molecule has 0 bridgehead atoms. The predicted molar refractivity (Wildman–Crippen MR) is 88.3 cm³/mol. The van der Waals surface area contributed by atoms with Crippen molar-refractivity contribution >= 4 is 23.2 Å². The highest BCUT2D eigenvalue weighted by Crippen LogP contribution is 2.28. The lowest BCUT2D eigenvalue weighted by Gasteiger charge is -2.20. The fourth-order valence-electron chi connectivity index (χ4n) is 2.62. The van der Waals surface area contributed by atoms with Gasteiger partial charge in [0.25, 0.3) is 5.91 Å². The molecular formula is C17H18N2O3S.